The van der Waals surface area contributed by atoms with Crippen molar-refractivity contribution in [2.45, 2.75) is 30.8 Å². The highest BCUT2D eigenvalue weighted by molar-refractivity contribution is 7.98. The molecule has 1 aliphatic heterocycles. The SMILES string of the molecule is CCOc1ccc([C@@H]2C(C(=O)Nc3ccc(OC)cc3)=C(C)Nc3nc(SCc4cccc(Cl)c4)nn32)cc1. The molecule has 0 saturated carbocycles. The minimum absolute atomic E-state index is 0.238. The Morgan fingerprint density at radius 1 is 1.10 bits per heavy atom. The molecule has 0 radical (unpaired) electrons. The molecule has 0 bridgehead atoms. The van der Waals surface area contributed by atoms with Gasteiger partial charge in [0.2, 0.25) is 11.1 Å². The van der Waals surface area contributed by atoms with Crippen LogP contribution in [0, 0.1) is 0 Å². The van der Waals surface area contributed by atoms with Gasteiger partial charge in [-0.1, -0.05) is 47.6 Å². The lowest BCUT2D eigenvalue weighted by Crippen LogP contribution is -2.31. The topological polar surface area (TPSA) is 90.3 Å². The molecule has 0 fully saturated rings. The molecule has 200 valence electrons. The summed E-state index contributed by atoms with van der Waals surface area (Å²) in [7, 11) is 1.61. The third-order valence-electron chi connectivity index (χ3n) is 6.19. The average molecular weight is 562 g/mol. The standard InChI is InChI=1S/C29H28ClN5O3S/c1-4-38-24-12-8-20(9-13-24)26-25(27(36)32-22-10-14-23(37-3)15-11-22)18(2)31-28-33-29(34-35(26)28)39-17-19-6-5-7-21(30)16-19/h5-16,26H,4,17H2,1-3H3,(H,32,36)(H,31,33,34)/t26-/m1/s1. The fourth-order valence-electron chi connectivity index (χ4n) is 4.36. The summed E-state index contributed by atoms with van der Waals surface area (Å²) in [6, 6.07) is 22.2. The normalized spacial score (nSPS) is 14.4. The maximum atomic E-state index is 13.7. The summed E-state index contributed by atoms with van der Waals surface area (Å²) in [6.07, 6.45) is 0. The number of carbonyl (C=O) groups is 1. The minimum atomic E-state index is -0.497. The minimum Gasteiger partial charge on any atom is -0.497 e. The van der Waals surface area contributed by atoms with Gasteiger partial charge in [0.25, 0.3) is 5.91 Å². The molecular formula is C29H28ClN5O3S. The first-order valence-electron chi connectivity index (χ1n) is 12.4. The van der Waals surface area contributed by atoms with Gasteiger partial charge in [0, 0.05) is 22.2 Å². The molecule has 2 heterocycles. The van der Waals surface area contributed by atoms with Crippen LogP contribution in [-0.2, 0) is 10.5 Å². The van der Waals surface area contributed by atoms with E-state index in [0.29, 0.717) is 51.2 Å². The average Bonchev–Trinajstić information content (AvgIpc) is 3.34. The molecular weight excluding hydrogens is 534 g/mol. The summed E-state index contributed by atoms with van der Waals surface area (Å²) < 4.78 is 12.6. The van der Waals surface area contributed by atoms with E-state index < -0.39 is 6.04 Å². The lowest BCUT2D eigenvalue weighted by Gasteiger charge is -2.28. The number of benzene rings is 3. The van der Waals surface area contributed by atoms with Crippen molar-refractivity contribution in [3.63, 3.8) is 0 Å². The van der Waals surface area contributed by atoms with Crippen LogP contribution in [0.3, 0.4) is 0 Å². The number of carbonyl (C=O) groups excluding carboxylic acids is 1. The van der Waals surface area contributed by atoms with Crippen molar-refractivity contribution >= 4 is 40.9 Å². The molecule has 4 aromatic rings. The predicted molar refractivity (Wildman–Crippen MR) is 155 cm³/mol. The van der Waals surface area contributed by atoms with Crippen LogP contribution in [0.25, 0.3) is 0 Å². The van der Waals surface area contributed by atoms with Crippen molar-refractivity contribution in [1.29, 1.82) is 0 Å². The highest BCUT2D eigenvalue weighted by Gasteiger charge is 2.34. The van der Waals surface area contributed by atoms with Gasteiger partial charge in [0.05, 0.1) is 19.3 Å². The first-order chi connectivity index (χ1) is 18.9. The molecule has 39 heavy (non-hydrogen) atoms. The number of hydrogen-bond acceptors (Lipinski definition) is 7. The number of thioether (sulfide) groups is 1. The lowest BCUT2D eigenvalue weighted by atomic mass is 9.95. The van der Waals surface area contributed by atoms with Gasteiger partial charge >= 0.3 is 0 Å². The van der Waals surface area contributed by atoms with Crippen LogP contribution in [0.5, 0.6) is 11.5 Å². The Labute approximate surface area is 236 Å². The summed E-state index contributed by atoms with van der Waals surface area (Å²) in [5, 5.41) is 12.4. The van der Waals surface area contributed by atoms with Crippen LogP contribution >= 0.6 is 23.4 Å². The quantitative estimate of drug-likeness (QED) is 0.224. The molecule has 5 rings (SSSR count). The first-order valence-corrected chi connectivity index (χ1v) is 13.8. The van der Waals surface area contributed by atoms with Crippen molar-refractivity contribution in [2.75, 3.05) is 24.4 Å². The number of ether oxygens (including phenoxy) is 2. The highest BCUT2D eigenvalue weighted by atomic mass is 35.5. The summed E-state index contributed by atoms with van der Waals surface area (Å²) >= 11 is 7.65. The van der Waals surface area contributed by atoms with Crippen molar-refractivity contribution < 1.29 is 14.3 Å². The zero-order valence-electron chi connectivity index (χ0n) is 21.8. The first kappa shape index (κ1) is 26.6. The second-order valence-electron chi connectivity index (χ2n) is 8.83. The van der Waals surface area contributed by atoms with Crippen LogP contribution in [0.2, 0.25) is 5.02 Å². The number of nitrogens with one attached hydrogen (secondary N) is 2. The van der Waals surface area contributed by atoms with Crippen molar-refractivity contribution in [1.82, 2.24) is 14.8 Å². The Balaban J connectivity index is 1.47. The predicted octanol–water partition coefficient (Wildman–Crippen LogP) is 6.56. The third kappa shape index (κ3) is 6.05. The maximum Gasteiger partial charge on any atom is 0.255 e. The van der Waals surface area contributed by atoms with Gasteiger partial charge in [0.15, 0.2) is 0 Å². The maximum absolute atomic E-state index is 13.7. The number of amides is 1. The molecule has 3 aromatic carbocycles. The van der Waals surface area contributed by atoms with Gasteiger partial charge in [-0.3, -0.25) is 4.79 Å². The van der Waals surface area contributed by atoms with Crippen LogP contribution in [0.15, 0.2) is 89.2 Å². The highest BCUT2D eigenvalue weighted by Crippen LogP contribution is 2.37. The number of nitrogens with zero attached hydrogens (tertiary/aromatic N) is 3. The molecule has 0 aliphatic carbocycles. The van der Waals surface area contributed by atoms with E-state index in [1.165, 1.54) is 11.8 Å². The molecule has 10 heteroatoms. The number of methoxy groups -OCH3 is 1. The van der Waals surface area contributed by atoms with E-state index in [1.807, 2.05) is 62.4 Å². The van der Waals surface area contributed by atoms with Gasteiger partial charge in [-0.25, -0.2) is 4.68 Å². The second kappa shape index (κ2) is 11.8. The smallest absolute Gasteiger partial charge is 0.255 e. The van der Waals surface area contributed by atoms with E-state index in [-0.39, 0.29) is 5.91 Å². The van der Waals surface area contributed by atoms with Gasteiger partial charge in [-0.05, 0) is 73.5 Å². The van der Waals surface area contributed by atoms with E-state index in [4.69, 9.17) is 31.2 Å². The van der Waals surface area contributed by atoms with Crippen molar-refractivity contribution in [3.8, 4) is 11.5 Å². The van der Waals surface area contributed by atoms with Gasteiger partial charge in [-0.2, -0.15) is 4.98 Å². The number of allylic oxidation sites excluding steroid dienone is 1. The summed E-state index contributed by atoms with van der Waals surface area (Å²) in [5.41, 5.74) is 3.86. The molecule has 0 unspecified atom stereocenters. The molecule has 1 aliphatic rings. The Bertz CT molecular complexity index is 1500. The fraction of sp³-hybridized carbons (Fsp3) is 0.207. The number of hydrogen-bond donors (Lipinski definition) is 2. The number of halogens is 1. The van der Waals surface area contributed by atoms with E-state index in [9.17, 15) is 4.79 Å². The number of fused-ring (bicyclic) bond motifs is 1. The van der Waals surface area contributed by atoms with E-state index in [1.54, 1.807) is 36.1 Å². The van der Waals surface area contributed by atoms with Crippen LogP contribution in [0.1, 0.15) is 31.0 Å². The molecule has 0 saturated heterocycles. The van der Waals surface area contributed by atoms with E-state index >= 15 is 0 Å². The number of anilines is 2. The zero-order valence-corrected chi connectivity index (χ0v) is 23.3. The largest absolute Gasteiger partial charge is 0.497 e. The van der Waals surface area contributed by atoms with E-state index in [2.05, 4.69) is 10.6 Å². The molecule has 1 atom stereocenters. The van der Waals surface area contributed by atoms with Crippen LogP contribution in [-0.4, -0.2) is 34.4 Å². The molecule has 0 spiro atoms. The number of rotatable bonds is 9. The fourth-order valence-corrected chi connectivity index (χ4v) is 5.34. The Morgan fingerprint density at radius 2 is 1.85 bits per heavy atom. The Morgan fingerprint density at radius 3 is 2.54 bits per heavy atom. The zero-order chi connectivity index (χ0) is 27.4. The molecule has 8 nitrogen and oxygen atoms in total. The lowest BCUT2D eigenvalue weighted by molar-refractivity contribution is -0.113. The van der Waals surface area contributed by atoms with Gasteiger partial charge < -0.3 is 20.1 Å². The third-order valence-corrected chi connectivity index (χ3v) is 7.33. The van der Waals surface area contributed by atoms with E-state index in [0.717, 1.165) is 16.9 Å². The van der Waals surface area contributed by atoms with Gasteiger partial charge in [-0.15, -0.1) is 5.10 Å². The number of aromatic nitrogens is 3. The van der Waals surface area contributed by atoms with Crippen LogP contribution in [0.4, 0.5) is 11.6 Å². The monoisotopic (exact) mass is 561 g/mol. The van der Waals surface area contributed by atoms with Gasteiger partial charge in [0.1, 0.15) is 17.5 Å². The molecule has 2 N–H and O–H groups in total. The summed E-state index contributed by atoms with van der Waals surface area (Å²) in [5.74, 6) is 2.47. The summed E-state index contributed by atoms with van der Waals surface area (Å²) in [6.45, 7) is 4.39. The Kier molecular flexibility index (Phi) is 8.09. The van der Waals surface area contributed by atoms with Crippen molar-refractivity contribution in [3.05, 3.63) is 100 Å². The molecule has 1 aromatic heterocycles. The second-order valence-corrected chi connectivity index (χ2v) is 10.2. The Hall–Kier alpha value is -3.95. The van der Waals surface area contributed by atoms with Crippen molar-refractivity contribution in [2.24, 2.45) is 0 Å². The summed E-state index contributed by atoms with van der Waals surface area (Å²) in [4.78, 5) is 18.4. The van der Waals surface area contributed by atoms with Crippen LogP contribution < -0.4 is 20.1 Å². The molecule has 1 amide bonds.